The van der Waals surface area contributed by atoms with E-state index in [4.69, 9.17) is 25.8 Å². The maximum atomic E-state index is 6.48. The van der Waals surface area contributed by atoms with Gasteiger partial charge in [-0.3, -0.25) is 0 Å². The van der Waals surface area contributed by atoms with Gasteiger partial charge in [0.25, 0.3) is 0 Å². The first kappa shape index (κ1) is 17.7. The van der Waals surface area contributed by atoms with Gasteiger partial charge in [-0.25, -0.2) is 0 Å². The van der Waals surface area contributed by atoms with Gasteiger partial charge in [-0.05, 0) is 36.4 Å². The van der Waals surface area contributed by atoms with Crippen molar-refractivity contribution in [1.82, 2.24) is 0 Å². The predicted molar refractivity (Wildman–Crippen MR) is 101 cm³/mol. The molecule has 0 bridgehead atoms. The summed E-state index contributed by atoms with van der Waals surface area (Å²) in [6, 6.07) is 11.8. The molecule has 25 heavy (non-hydrogen) atoms. The lowest BCUT2D eigenvalue weighted by Gasteiger charge is -2.29. The molecule has 1 aliphatic rings. The van der Waals surface area contributed by atoms with Gasteiger partial charge in [0.15, 0.2) is 0 Å². The van der Waals surface area contributed by atoms with Crippen LogP contribution >= 0.6 is 11.6 Å². The molecule has 0 saturated carbocycles. The lowest BCUT2D eigenvalue weighted by molar-refractivity contribution is 0.122. The fourth-order valence-electron chi connectivity index (χ4n) is 2.89. The lowest BCUT2D eigenvalue weighted by atomic mass is 10.1. The zero-order chi connectivity index (χ0) is 17.6. The number of rotatable bonds is 6. The van der Waals surface area contributed by atoms with E-state index in [2.05, 4.69) is 16.3 Å². The minimum Gasteiger partial charge on any atom is -0.497 e. The van der Waals surface area contributed by atoms with E-state index in [1.807, 2.05) is 30.3 Å². The van der Waals surface area contributed by atoms with Crippen LogP contribution < -0.4 is 19.7 Å². The zero-order valence-corrected chi connectivity index (χ0v) is 15.3. The summed E-state index contributed by atoms with van der Waals surface area (Å²) >= 11 is 6.48. The Kier molecular flexibility index (Phi) is 5.89. The van der Waals surface area contributed by atoms with E-state index in [1.54, 1.807) is 14.2 Å². The van der Waals surface area contributed by atoms with Gasteiger partial charge in [0.1, 0.15) is 11.5 Å². The molecule has 134 valence electrons. The van der Waals surface area contributed by atoms with Crippen molar-refractivity contribution in [3.8, 4) is 11.5 Å². The first-order valence-corrected chi connectivity index (χ1v) is 8.66. The molecule has 1 saturated heterocycles. The molecule has 1 aliphatic heterocycles. The van der Waals surface area contributed by atoms with Gasteiger partial charge in [0, 0.05) is 30.9 Å². The fraction of sp³-hybridized carbons (Fsp3) is 0.368. The summed E-state index contributed by atoms with van der Waals surface area (Å²) in [5.74, 6) is 1.63. The third-order valence-corrected chi connectivity index (χ3v) is 4.57. The molecule has 1 N–H and O–H groups in total. The van der Waals surface area contributed by atoms with Crippen molar-refractivity contribution in [2.75, 3.05) is 50.7 Å². The highest BCUT2D eigenvalue weighted by Crippen LogP contribution is 2.30. The van der Waals surface area contributed by atoms with Crippen LogP contribution in [0.25, 0.3) is 0 Å². The molecule has 0 unspecified atom stereocenters. The van der Waals surface area contributed by atoms with E-state index < -0.39 is 0 Å². The molecular formula is C19H23ClN2O3. The molecule has 0 amide bonds. The van der Waals surface area contributed by atoms with Crippen molar-refractivity contribution in [3.05, 3.63) is 47.0 Å². The van der Waals surface area contributed by atoms with Crippen LogP contribution in [0.3, 0.4) is 0 Å². The highest BCUT2D eigenvalue weighted by Gasteiger charge is 2.14. The van der Waals surface area contributed by atoms with Crippen LogP contribution in [0.4, 0.5) is 11.4 Å². The third-order valence-electron chi connectivity index (χ3n) is 4.27. The van der Waals surface area contributed by atoms with E-state index >= 15 is 0 Å². The van der Waals surface area contributed by atoms with Crippen LogP contribution in [0.15, 0.2) is 36.4 Å². The Morgan fingerprint density at radius 1 is 1.08 bits per heavy atom. The van der Waals surface area contributed by atoms with Crippen molar-refractivity contribution in [2.45, 2.75) is 6.54 Å². The predicted octanol–water partition coefficient (Wildman–Crippen LogP) is 3.81. The molecule has 2 aromatic carbocycles. The van der Waals surface area contributed by atoms with Crippen molar-refractivity contribution >= 4 is 23.0 Å². The number of anilines is 2. The molecule has 5 nitrogen and oxygen atoms in total. The average Bonchev–Trinajstić information content (AvgIpc) is 2.66. The molecule has 1 fully saturated rings. The number of halogens is 1. The maximum Gasteiger partial charge on any atom is 0.124 e. The molecule has 0 aliphatic carbocycles. The Hall–Kier alpha value is -2.11. The Bertz CT molecular complexity index is 718. The van der Waals surface area contributed by atoms with E-state index in [0.29, 0.717) is 6.54 Å². The normalized spacial score (nSPS) is 14.3. The number of ether oxygens (including phenoxy) is 3. The molecule has 0 aromatic heterocycles. The van der Waals surface area contributed by atoms with E-state index in [9.17, 15) is 0 Å². The molecule has 0 atom stereocenters. The molecule has 0 radical (unpaired) electrons. The highest BCUT2D eigenvalue weighted by atomic mass is 35.5. The lowest BCUT2D eigenvalue weighted by Crippen LogP contribution is -2.36. The van der Waals surface area contributed by atoms with Gasteiger partial charge in [0.05, 0.1) is 38.1 Å². The molecule has 3 rings (SSSR count). The summed E-state index contributed by atoms with van der Waals surface area (Å²) in [5, 5.41) is 4.14. The SMILES string of the molecule is COc1ccc(OC)c(CNc2ccc(N3CCOCC3)c(Cl)c2)c1. The smallest absolute Gasteiger partial charge is 0.124 e. The maximum absolute atomic E-state index is 6.48. The Morgan fingerprint density at radius 3 is 2.56 bits per heavy atom. The van der Waals surface area contributed by atoms with Crippen LogP contribution in [0, 0.1) is 0 Å². The van der Waals surface area contributed by atoms with Gasteiger partial charge in [0.2, 0.25) is 0 Å². The summed E-state index contributed by atoms with van der Waals surface area (Å²) in [6.45, 7) is 3.84. The van der Waals surface area contributed by atoms with Crippen LogP contribution in [-0.4, -0.2) is 40.5 Å². The zero-order valence-electron chi connectivity index (χ0n) is 14.5. The largest absolute Gasteiger partial charge is 0.497 e. The Morgan fingerprint density at radius 2 is 1.88 bits per heavy atom. The third kappa shape index (κ3) is 4.30. The standard InChI is InChI=1S/C19H23ClN2O3/c1-23-16-4-6-19(24-2)14(11-16)13-21-15-3-5-18(17(20)12-15)22-7-9-25-10-8-22/h3-6,11-12,21H,7-10,13H2,1-2H3. The molecule has 0 spiro atoms. The quantitative estimate of drug-likeness (QED) is 0.846. The minimum atomic E-state index is 0.619. The summed E-state index contributed by atoms with van der Waals surface area (Å²) in [5.41, 5.74) is 3.04. The number of hydrogen-bond acceptors (Lipinski definition) is 5. The number of nitrogens with zero attached hydrogens (tertiary/aromatic N) is 1. The second kappa shape index (κ2) is 8.32. The summed E-state index contributed by atoms with van der Waals surface area (Å²) < 4.78 is 16.1. The van der Waals surface area contributed by atoms with Gasteiger partial charge < -0.3 is 24.4 Å². The number of methoxy groups -OCH3 is 2. The second-order valence-electron chi connectivity index (χ2n) is 5.80. The summed E-state index contributed by atoms with van der Waals surface area (Å²) in [4.78, 5) is 2.25. The first-order chi connectivity index (χ1) is 12.2. The first-order valence-electron chi connectivity index (χ1n) is 8.28. The highest BCUT2D eigenvalue weighted by molar-refractivity contribution is 6.33. The van der Waals surface area contributed by atoms with E-state index in [-0.39, 0.29) is 0 Å². The number of nitrogens with one attached hydrogen (secondary N) is 1. The Labute approximate surface area is 153 Å². The molecule has 6 heteroatoms. The van der Waals surface area contributed by atoms with E-state index in [1.165, 1.54) is 0 Å². The van der Waals surface area contributed by atoms with Crippen molar-refractivity contribution in [2.24, 2.45) is 0 Å². The van der Waals surface area contributed by atoms with Gasteiger partial charge >= 0.3 is 0 Å². The van der Waals surface area contributed by atoms with Crippen LogP contribution in [0.5, 0.6) is 11.5 Å². The van der Waals surface area contributed by atoms with Gasteiger partial charge in [-0.15, -0.1) is 0 Å². The summed E-state index contributed by atoms with van der Waals surface area (Å²) in [6.07, 6.45) is 0. The van der Waals surface area contributed by atoms with Gasteiger partial charge in [-0.2, -0.15) is 0 Å². The molecule has 2 aromatic rings. The second-order valence-corrected chi connectivity index (χ2v) is 6.20. The summed E-state index contributed by atoms with van der Waals surface area (Å²) in [7, 11) is 3.32. The van der Waals surface area contributed by atoms with Crippen LogP contribution in [-0.2, 0) is 11.3 Å². The molecule has 1 heterocycles. The van der Waals surface area contributed by atoms with Gasteiger partial charge in [-0.1, -0.05) is 11.6 Å². The van der Waals surface area contributed by atoms with E-state index in [0.717, 1.165) is 59.8 Å². The number of benzene rings is 2. The van der Waals surface area contributed by atoms with Crippen molar-refractivity contribution in [1.29, 1.82) is 0 Å². The molecular weight excluding hydrogens is 340 g/mol. The average molecular weight is 363 g/mol. The minimum absolute atomic E-state index is 0.619. The topological polar surface area (TPSA) is 43.0 Å². The van der Waals surface area contributed by atoms with Crippen LogP contribution in [0.2, 0.25) is 5.02 Å². The number of hydrogen-bond donors (Lipinski definition) is 1. The van der Waals surface area contributed by atoms with Crippen LogP contribution in [0.1, 0.15) is 5.56 Å². The number of morpholine rings is 1. The Balaban J connectivity index is 1.70. The van der Waals surface area contributed by atoms with Crippen molar-refractivity contribution in [3.63, 3.8) is 0 Å². The van der Waals surface area contributed by atoms with Crippen molar-refractivity contribution < 1.29 is 14.2 Å². The monoisotopic (exact) mass is 362 g/mol. The fourth-order valence-corrected chi connectivity index (χ4v) is 3.19.